The van der Waals surface area contributed by atoms with Gasteiger partial charge in [0, 0.05) is 10.7 Å². The number of hydrogen-bond acceptors (Lipinski definition) is 5. The minimum Gasteiger partial charge on any atom is -0.247 e. The molecule has 0 aromatic carbocycles. The smallest absolute Gasteiger partial charge is 0.176 e. The first-order chi connectivity index (χ1) is 6.75. The molecule has 2 rings (SSSR count). The fourth-order valence-electron chi connectivity index (χ4n) is 0.768. The van der Waals surface area contributed by atoms with Crippen LogP contribution in [-0.4, -0.2) is 14.3 Å². The van der Waals surface area contributed by atoms with Crippen molar-refractivity contribution >= 4 is 50.8 Å². The van der Waals surface area contributed by atoms with Gasteiger partial charge in [0.15, 0.2) is 4.34 Å². The van der Waals surface area contributed by atoms with Crippen molar-refractivity contribution in [1.29, 1.82) is 0 Å². The van der Waals surface area contributed by atoms with Gasteiger partial charge in [0.25, 0.3) is 0 Å². The quantitative estimate of drug-likeness (QED) is 0.851. The molecule has 0 N–H and O–H groups in total. The van der Waals surface area contributed by atoms with Gasteiger partial charge in [-0.2, -0.15) is 4.37 Å². The highest BCUT2D eigenvalue weighted by Crippen LogP contribution is 2.32. The summed E-state index contributed by atoms with van der Waals surface area (Å²) >= 11 is 12.0. The zero-order chi connectivity index (χ0) is 9.97. The van der Waals surface area contributed by atoms with Gasteiger partial charge < -0.3 is 0 Å². The van der Waals surface area contributed by atoms with Crippen molar-refractivity contribution in [3.05, 3.63) is 28.1 Å². The molecule has 72 valence electrons. The third-order valence-electron chi connectivity index (χ3n) is 1.30. The Morgan fingerprint density at radius 1 is 1.43 bits per heavy atom. The summed E-state index contributed by atoms with van der Waals surface area (Å²) in [5.41, 5.74) is 0. The van der Waals surface area contributed by atoms with Crippen LogP contribution in [0.5, 0.6) is 0 Å². The van der Waals surface area contributed by atoms with Crippen LogP contribution >= 0.6 is 50.8 Å². The van der Waals surface area contributed by atoms with E-state index >= 15 is 0 Å². The van der Waals surface area contributed by atoms with E-state index in [9.17, 15) is 0 Å². The van der Waals surface area contributed by atoms with E-state index < -0.39 is 0 Å². The highest BCUT2D eigenvalue weighted by atomic mass is 79.9. The Morgan fingerprint density at radius 3 is 2.93 bits per heavy atom. The highest BCUT2D eigenvalue weighted by molar-refractivity contribution is 9.10. The summed E-state index contributed by atoms with van der Waals surface area (Å²) in [6.07, 6.45) is 3.22. The monoisotopic (exact) mass is 307 g/mol. The topological polar surface area (TPSA) is 38.7 Å². The maximum atomic E-state index is 5.99. The van der Waals surface area contributed by atoms with Gasteiger partial charge in [-0.05, 0) is 45.3 Å². The lowest BCUT2D eigenvalue weighted by molar-refractivity contribution is 1.11. The normalized spacial score (nSPS) is 10.4. The Morgan fingerprint density at radius 2 is 2.29 bits per heavy atom. The van der Waals surface area contributed by atoms with Crippen molar-refractivity contribution in [2.45, 2.75) is 9.37 Å². The summed E-state index contributed by atoms with van der Waals surface area (Å²) in [7, 11) is 0. The molecular weight excluding hydrogens is 306 g/mol. The van der Waals surface area contributed by atoms with Gasteiger partial charge >= 0.3 is 0 Å². The molecule has 0 radical (unpaired) electrons. The molecular formula is C7H3BrClN3S2. The van der Waals surface area contributed by atoms with Crippen molar-refractivity contribution < 1.29 is 0 Å². The lowest BCUT2D eigenvalue weighted by Crippen LogP contribution is -1.81. The zero-order valence-electron chi connectivity index (χ0n) is 6.65. The third-order valence-corrected chi connectivity index (χ3v) is 3.87. The predicted octanol–water partition coefficient (Wildman–Crippen LogP) is 3.50. The van der Waals surface area contributed by atoms with Crippen molar-refractivity contribution in [1.82, 2.24) is 14.3 Å². The van der Waals surface area contributed by atoms with Crippen molar-refractivity contribution in [3.8, 4) is 0 Å². The second-order valence-corrected chi connectivity index (χ2v) is 5.59. The van der Waals surface area contributed by atoms with Gasteiger partial charge in [0.1, 0.15) is 11.4 Å². The van der Waals surface area contributed by atoms with E-state index in [0.29, 0.717) is 5.02 Å². The fraction of sp³-hybridized carbons (Fsp3) is 0. The average molecular weight is 309 g/mol. The number of halogens is 2. The third kappa shape index (κ3) is 2.44. The number of rotatable bonds is 2. The fourth-order valence-corrected chi connectivity index (χ4v) is 2.83. The van der Waals surface area contributed by atoms with Crippen LogP contribution in [0.2, 0.25) is 5.02 Å². The summed E-state index contributed by atoms with van der Waals surface area (Å²) in [6.45, 7) is 0. The van der Waals surface area contributed by atoms with Gasteiger partial charge in [-0.15, -0.1) is 0 Å². The Balaban J connectivity index is 2.25. The van der Waals surface area contributed by atoms with Crippen LogP contribution in [0.15, 0.2) is 32.4 Å². The second-order valence-electron chi connectivity index (χ2n) is 2.25. The van der Waals surface area contributed by atoms with Crippen LogP contribution in [0.25, 0.3) is 0 Å². The zero-order valence-corrected chi connectivity index (χ0v) is 10.6. The van der Waals surface area contributed by atoms with Crippen LogP contribution in [-0.2, 0) is 0 Å². The molecule has 0 spiro atoms. The molecule has 2 aromatic heterocycles. The lowest BCUT2D eigenvalue weighted by atomic mass is 10.5. The van der Waals surface area contributed by atoms with Crippen LogP contribution in [0.1, 0.15) is 0 Å². The molecule has 3 nitrogen and oxygen atoms in total. The predicted molar refractivity (Wildman–Crippen MR) is 61.0 cm³/mol. The Kier molecular flexibility index (Phi) is 3.38. The molecule has 0 saturated heterocycles. The van der Waals surface area contributed by atoms with E-state index in [4.69, 9.17) is 11.6 Å². The largest absolute Gasteiger partial charge is 0.247 e. The number of nitrogens with zero attached hydrogens (tertiary/aromatic N) is 3. The SMILES string of the molecule is Clc1cc(Br)cnc1Sc1ncns1. The van der Waals surface area contributed by atoms with Gasteiger partial charge in [-0.1, -0.05) is 11.6 Å². The Bertz CT molecular complexity index is 435. The van der Waals surface area contributed by atoms with Gasteiger partial charge in [0.05, 0.1) is 5.02 Å². The average Bonchev–Trinajstić information content (AvgIpc) is 2.62. The first kappa shape index (κ1) is 10.4. The molecule has 0 atom stereocenters. The molecule has 0 aliphatic heterocycles. The summed E-state index contributed by atoms with van der Waals surface area (Å²) in [6, 6.07) is 1.80. The standard InChI is InChI=1S/C7H3BrClN3S2/c8-4-1-5(9)6(10-2-4)13-7-11-3-12-14-7/h1-3H. The molecule has 0 saturated carbocycles. The Labute approximate surface area is 102 Å². The van der Waals surface area contributed by atoms with E-state index in [1.165, 1.54) is 29.6 Å². The molecule has 0 aliphatic rings. The van der Waals surface area contributed by atoms with Crippen molar-refractivity contribution in [3.63, 3.8) is 0 Å². The summed E-state index contributed by atoms with van der Waals surface area (Å²) in [4.78, 5) is 8.21. The summed E-state index contributed by atoms with van der Waals surface area (Å²) in [5, 5.41) is 1.35. The summed E-state index contributed by atoms with van der Waals surface area (Å²) in [5.74, 6) is 0. The molecule has 2 heterocycles. The van der Waals surface area contributed by atoms with Crippen LogP contribution in [0.3, 0.4) is 0 Å². The Hall–Kier alpha value is -0.170. The molecule has 7 heteroatoms. The minimum atomic E-state index is 0.611. The number of aromatic nitrogens is 3. The second kappa shape index (κ2) is 4.57. The molecule has 0 fully saturated rings. The molecule has 0 aliphatic carbocycles. The van der Waals surface area contributed by atoms with Gasteiger partial charge in [-0.25, -0.2) is 9.97 Å². The lowest BCUT2D eigenvalue weighted by Gasteiger charge is -1.99. The van der Waals surface area contributed by atoms with E-state index in [-0.39, 0.29) is 0 Å². The molecule has 0 amide bonds. The van der Waals surface area contributed by atoms with Crippen molar-refractivity contribution in [2.75, 3.05) is 0 Å². The highest BCUT2D eigenvalue weighted by Gasteiger charge is 2.06. The maximum Gasteiger partial charge on any atom is 0.176 e. The van der Waals surface area contributed by atoms with Gasteiger partial charge in [0.2, 0.25) is 0 Å². The molecule has 0 bridgehead atoms. The van der Waals surface area contributed by atoms with E-state index in [2.05, 4.69) is 30.3 Å². The van der Waals surface area contributed by atoms with Crippen LogP contribution < -0.4 is 0 Å². The molecule has 0 unspecified atom stereocenters. The van der Waals surface area contributed by atoms with Crippen LogP contribution in [0, 0.1) is 0 Å². The number of pyridine rings is 1. The molecule has 2 aromatic rings. The van der Waals surface area contributed by atoms with E-state index in [0.717, 1.165) is 13.8 Å². The minimum absolute atomic E-state index is 0.611. The maximum absolute atomic E-state index is 5.99. The van der Waals surface area contributed by atoms with E-state index in [1.807, 2.05) is 0 Å². The number of hydrogen-bond donors (Lipinski definition) is 0. The van der Waals surface area contributed by atoms with Gasteiger partial charge in [-0.3, -0.25) is 0 Å². The van der Waals surface area contributed by atoms with E-state index in [1.54, 1.807) is 12.3 Å². The molecule has 14 heavy (non-hydrogen) atoms. The van der Waals surface area contributed by atoms with Crippen molar-refractivity contribution in [2.24, 2.45) is 0 Å². The first-order valence-corrected chi connectivity index (χ1v) is 6.27. The summed E-state index contributed by atoms with van der Waals surface area (Å²) < 4.78 is 5.60. The van der Waals surface area contributed by atoms with Crippen LogP contribution in [0.4, 0.5) is 0 Å². The first-order valence-electron chi connectivity index (χ1n) is 3.51.